The number of nitrogens with one attached hydrogen (secondary N) is 1. The highest BCUT2D eigenvalue weighted by molar-refractivity contribution is 7.13. The number of nitrogens with zero attached hydrogens (tertiary/aromatic N) is 2. The van der Waals surface area contributed by atoms with Crippen LogP contribution in [0.4, 0.5) is 5.13 Å². The van der Waals surface area contributed by atoms with Crippen molar-refractivity contribution in [3.05, 3.63) is 41.2 Å². The van der Waals surface area contributed by atoms with Crippen molar-refractivity contribution in [3.8, 4) is 0 Å². The molecule has 5 nitrogen and oxygen atoms in total. The molecule has 0 atom stereocenters. The first-order valence-corrected chi connectivity index (χ1v) is 6.43. The van der Waals surface area contributed by atoms with E-state index < -0.39 is 0 Å². The molecular weight excluding hydrogens is 250 g/mol. The highest BCUT2D eigenvalue weighted by Gasteiger charge is 2.10. The maximum atomic E-state index is 11.4. The zero-order valence-corrected chi connectivity index (χ0v) is 10.7. The number of rotatable bonds is 5. The van der Waals surface area contributed by atoms with Gasteiger partial charge in [0, 0.05) is 24.3 Å². The number of pyridine rings is 1. The number of anilines is 1. The Hall–Kier alpha value is -1.95. The molecule has 0 bridgehead atoms. The van der Waals surface area contributed by atoms with E-state index in [1.54, 1.807) is 24.7 Å². The summed E-state index contributed by atoms with van der Waals surface area (Å²) >= 11 is 1.38. The van der Waals surface area contributed by atoms with E-state index >= 15 is 0 Å². The van der Waals surface area contributed by atoms with Gasteiger partial charge in [0.1, 0.15) is 0 Å². The quantitative estimate of drug-likeness (QED) is 0.839. The normalized spacial score (nSPS) is 10.1. The van der Waals surface area contributed by atoms with Crippen molar-refractivity contribution in [1.29, 1.82) is 0 Å². The van der Waals surface area contributed by atoms with Gasteiger partial charge >= 0.3 is 5.97 Å². The molecule has 0 amide bonds. The molecular formula is C12H13N3O2S. The van der Waals surface area contributed by atoms with Gasteiger partial charge in [0.15, 0.2) is 10.8 Å². The number of carbonyl (C=O) groups excluding carboxylic acids is 1. The predicted molar refractivity (Wildman–Crippen MR) is 69.6 cm³/mol. The third kappa shape index (κ3) is 3.27. The average Bonchev–Trinajstić information content (AvgIpc) is 2.87. The fourth-order valence-electron chi connectivity index (χ4n) is 1.33. The third-order valence-electron chi connectivity index (χ3n) is 2.18. The van der Waals surface area contributed by atoms with Crippen molar-refractivity contribution in [2.75, 3.05) is 11.9 Å². The number of esters is 1. The van der Waals surface area contributed by atoms with Crippen LogP contribution in [0.3, 0.4) is 0 Å². The second-order valence-corrected chi connectivity index (χ2v) is 4.33. The number of hydrogen-bond acceptors (Lipinski definition) is 6. The number of carbonyl (C=O) groups is 1. The minimum atomic E-state index is -0.384. The SMILES string of the molecule is CCOC(=O)c1csc(NCc2ccncc2)n1. The molecule has 2 aromatic rings. The molecule has 2 heterocycles. The van der Waals surface area contributed by atoms with Crippen LogP contribution in [0, 0.1) is 0 Å². The molecule has 6 heteroatoms. The van der Waals surface area contributed by atoms with E-state index in [2.05, 4.69) is 15.3 Å². The van der Waals surface area contributed by atoms with Crippen LogP contribution in [0.25, 0.3) is 0 Å². The van der Waals surface area contributed by atoms with E-state index in [0.29, 0.717) is 24.0 Å². The van der Waals surface area contributed by atoms with Crippen molar-refractivity contribution in [2.24, 2.45) is 0 Å². The smallest absolute Gasteiger partial charge is 0.357 e. The van der Waals surface area contributed by atoms with Crippen LogP contribution in [0.1, 0.15) is 23.0 Å². The summed E-state index contributed by atoms with van der Waals surface area (Å²) in [6, 6.07) is 3.85. The summed E-state index contributed by atoms with van der Waals surface area (Å²) in [5.41, 5.74) is 1.46. The van der Waals surface area contributed by atoms with Crippen LogP contribution in [0.15, 0.2) is 29.9 Å². The molecule has 0 fully saturated rings. The summed E-state index contributed by atoms with van der Waals surface area (Å²) in [5, 5.41) is 5.54. The minimum Gasteiger partial charge on any atom is -0.461 e. The highest BCUT2D eigenvalue weighted by atomic mass is 32.1. The molecule has 0 aliphatic heterocycles. The monoisotopic (exact) mass is 263 g/mol. The van der Waals surface area contributed by atoms with E-state index in [0.717, 1.165) is 5.56 Å². The second-order valence-electron chi connectivity index (χ2n) is 3.47. The van der Waals surface area contributed by atoms with Gasteiger partial charge in [-0.1, -0.05) is 0 Å². The van der Waals surface area contributed by atoms with Crippen LogP contribution in [-0.4, -0.2) is 22.5 Å². The summed E-state index contributed by atoms with van der Waals surface area (Å²) in [6.45, 7) is 2.78. The van der Waals surface area contributed by atoms with E-state index in [1.165, 1.54) is 11.3 Å². The van der Waals surface area contributed by atoms with Crippen LogP contribution >= 0.6 is 11.3 Å². The Labute approximate surface area is 109 Å². The van der Waals surface area contributed by atoms with Gasteiger partial charge in [-0.15, -0.1) is 11.3 Å². The number of thiazole rings is 1. The zero-order valence-electron chi connectivity index (χ0n) is 9.92. The van der Waals surface area contributed by atoms with Gasteiger partial charge in [0.2, 0.25) is 0 Å². The largest absolute Gasteiger partial charge is 0.461 e. The Balaban J connectivity index is 1.93. The lowest BCUT2D eigenvalue weighted by Gasteiger charge is -2.01. The summed E-state index contributed by atoms with van der Waals surface area (Å²) in [4.78, 5) is 19.5. The minimum absolute atomic E-state index is 0.346. The van der Waals surface area contributed by atoms with Crippen molar-refractivity contribution in [3.63, 3.8) is 0 Å². The van der Waals surface area contributed by atoms with Crippen molar-refractivity contribution in [2.45, 2.75) is 13.5 Å². The lowest BCUT2D eigenvalue weighted by molar-refractivity contribution is 0.0520. The Morgan fingerprint density at radius 1 is 1.44 bits per heavy atom. The lowest BCUT2D eigenvalue weighted by Crippen LogP contribution is -2.05. The summed E-state index contributed by atoms with van der Waals surface area (Å²) < 4.78 is 4.87. The van der Waals surface area contributed by atoms with Crippen molar-refractivity contribution < 1.29 is 9.53 Å². The molecule has 94 valence electrons. The first-order valence-electron chi connectivity index (χ1n) is 5.55. The fraction of sp³-hybridized carbons (Fsp3) is 0.250. The molecule has 18 heavy (non-hydrogen) atoms. The van der Waals surface area contributed by atoms with Crippen LogP contribution < -0.4 is 5.32 Å². The van der Waals surface area contributed by atoms with Gasteiger partial charge in [-0.3, -0.25) is 4.98 Å². The van der Waals surface area contributed by atoms with Gasteiger partial charge in [-0.25, -0.2) is 9.78 Å². The van der Waals surface area contributed by atoms with Gasteiger partial charge < -0.3 is 10.1 Å². The van der Waals surface area contributed by atoms with Crippen LogP contribution in [0.2, 0.25) is 0 Å². The summed E-state index contributed by atoms with van der Waals surface area (Å²) in [7, 11) is 0. The van der Waals surface area contributed by atoms with E-state index in [4.69, 9.17) is 4.74 Å². The van der Waals surface area contributed by atoms with Gasteiger partial charge in [0.05, 0.1) is 6.61 Å². The van der Waals surface area contributed by atoms with Crippen LogP contribution in [-0.2, 0) is 11.3 Å². The Morgan fingerprint density at radius 2 is 2.22 bits per heavy atom. The molecule has 2 aromatic heterocycles. The molecule has 0 radical (unpaired) electrons. The molecule has 1 N–H and O–H groups in total. The molecule has 0 saturated heterocycles. The van der Waals surface area contributed by atoms with E-state index in [9.17, 15) is 4.79 Å². The topological polar surface area (TPSA) is 64.1 Å². The summed E-state index contributed by atoms with van der Waals surface area (Å²) in [6.07, 6.45) is 3.48. The Bertz CT molecular complexity index is 513. The summed E-state index contributed by atoms with van der Waals surface area (Å²) in [5.74, 6) is -0.384. The molecule has 0 unspecified atom stereocenters. The Kier molecular flexibility index (Phi) is 4.25. The molecule has 0 aliphatic rings. The Morgan fingerprint density at radius 3 is 2.94 bits per heavy atom. The molecule has 0 spiro atoms. The highest BCUT2D eigenvalue weighted by Crippen LogP contribution is 2.16. The lowest BCUT2D eigenvalue weighted by atomic mass is 10.3. The molecule has 0 saturated carbocycles. The van der Waals surface area contributed by atoms with Gasteiger partial charge in [-0.2, -0.15) is 0 Å². The zero-order chi connectivity index (χ0) is 12.8. The standard InChI is InChI=1S/C12H13N3O2S/c1-2-17-11(16)10-8-18-12(15-10)14-7-9-3-5-13-6-4-9/h3-6,8H,2,7H2,1H3,(H,14,15). The predicted octanol–water partition coefficient (Wildman–Crippen LogP) is 2.33. The number of aromatic nitrogens is 2. The fourth-order valence-corrected chi connectivity index (χ4v) is 2.01. The van der Waals surface area contributed by atoms with Gasteiger partial charge in [0.25, 0.3) is 0 Å². The average molecular weight is 263 g/mol. The van der Waals surface area contributed by atoms with Crippen molar-refractivity contribution in [1.82, 2.24) is 9.97 Å². The van der Waals surface area contributed by atoms with Crippen molar-refractivity contribution >= 4 is 22.4 Å². The van der Waals surface area contributed by atoms with E-state index in [1.807, 2.05) is 12.1 Å². The first-order chi connectivity index (χ1) is 8.79. The molecule has 0 aromatic carbocycles. The molecule has 0 aliphatic carbocycles. The third-order valence-corrected chi connectivity index (χ3v) is 2.98. The maximum Gasteiger partial charge on any atom is 0.357 e. The number of ether oxygens (including phenoxy) is 1. The molecule has 2 rings (SSSR count). The van der Waals surface area contributed by atoms with E-state index in [-0.39, 0.29) is 5.97 Å². The number of hydrogen-bond donors (Lipinski definition) is 1. The first kappa shape index (κ1) is 12.5. The van der Waals surface area contributed by atoms with Gasteiger partial charge in [-0.05, 0) is 24.6 Å². The maximum absolute atomic E-state index is 11.4. The second kappa shape index (κ2) is 6.11. The van der Waals surface area contributed by atoms with Crippen LogP contribution in [0.5, 0.6) is 0 Å².